The van der Waals surface area contributed by atoms with Gasteiger partial charge in [0.1, 0.15) is 11.2 Å². The molecule has 0 fully saturated rings. The Balaban J connectivity index is 0.952. The van der Waals surface area contributed by atoms with E-state index in [4.69, 9.17) is 19.4 Å². The molecule has 0 saturated carbocycles. The lowest BCUT2D eigenvalue weighted by atomic mass is 9.82. The molecule has 4 nitrogen and oxygen atoms in total. The van der Waals surface area contributed by atoms with Gasteiger partial charge in [0.05, 0.1) is 0 Å². The Hall–Kier alpha value is -7.99. The first-order chi connectivity index (χ1) is 31.9. The maximum Gasteiger partial charge on any atom is 0.165 e. The summed E-state index contributed by atoms with van der Waals surface area (Å²) in [6, 6.07) is 71.3. The Morgan fingerprint density at radius 2 is 0.938 bits per heavy atom. The number of aromatic nitrogens is 3. The summed E-state index contributed by atoms with van der Waals surface area (Å²) in [5, 5.41) is 4.42. The second-order valence-electron chi connectivity index (χ2n) is 17.5. The van der Waals surface area contributed by atoms with Crippen molar-refractivity contribution in [2.75, 3.05) is 0 Å². The zero-order valence-electron chi connectivity index (χ0n) is 35.7. The van der Waals surface area contributed by atoms with Gasteiger partial charge in [-0.15, -0.1) is 11.3 Å². The highest BCUT2D eigenvalue weighted by atomic mass is 32.1. The Morgan fingerprint density at radius 3 is 1.80 bits per heavy atom. The summed E-state index contributed by atoms with van der Waals surface area (Å²) >= 11 is 1.78. The summed E-state index contributed by atoms with van der Waals surface area (Å²) in [4.78, 5) is 15.8. The zero-order chi connectivity index (χ0) is 43.2. The topological polar surface area (TPSA) is 51.8 Å². The monoisotopic (exact) mass is 849 g/mol. The van der Waals surface area contributed by atoms with Gasteiger partial charge in [-0.1, -0.05) is 172 Å². The Kier molecular flexibility index (Phi) is 8.39. The van der Waals surface area contributed by atoms with Crippen molar-refractivity contribution in [3.63, 3.8) is 0 Å². The molecule has 0 atom stereocenters. The van der Waals surface area contributed by atoms with E-state index in [1.807, 2.05) is 18.2 Å². The number of hydrogen-bond donors (Lipinski definition) is 0. The number of fused-ring (bicyclic) bond motifs is 9. The summed E-state index contributed by atoms with van der Waals surface area (Å²) in [7, 11) is 0. The van der Waals surface area contributed by atoms with E-state index in [9.17, 15) is 0 Å². The molecule has 0 saturated heterocycles. The third kappa shape index (κ3) is 6.07. The van der Waals surface area contributed by atoms with Crippen molar-refractivity contribution in [1.82, 2.24) is 15.0 Å². The third-order valence-corrected chi connectivity index (χ3v) is 14.6. The van der Waals surface area contributed by atoms with Gasteiger partial charge in [-0.05, 0) is 98.1 Å². The van der Waals surface area contributed by atoms with Gasteiger partial charge in [0.2, 0.25) is 0 Å². The molecular formula is C60H39N3OS. The number of benzene rings is 9. The number of thiophene rings is 1. The molecule has 3 heterocycles. The summed E-state index contributed by atoms with van der Waals surface area (Å²) < 4.78 is 8.98. The van der Waals surface area contributed by atoms with Crippen molar-refractivity contribution >= 4 is 53.4 Å². The summed E-state index contributed by atoms with van der Waals surface area (Å²) in [6.45, 7) is 4.66. The highest BCUT2D eigenvalue weighted by Crippen LogP contribution is 2.50. The number of rotatable bonds is 6. The van der Waals surface area contributed by atoms with Gasteiger partial charge in [-0.2, -0.15) is 0 Å². The SMILES string of the molecule is CC1(C)c2ccccc2-c2cc(-c3cccc(-c4ccc5oc6cccc(-c7nc(-c8ccc(-c9ccccc9)cc8)nc(-c8cccc9c8sc8ccccc89)n7)c6c5c4)c3)ccc21. The normalized spacial score (nSPS) is 12.9. The van der Waals surface area contributed by atoms with Gasteiger partial charge in [0.25, 0.3) is 0 Å². The Labute approximate surface area is 380 Å². The third-order valence-electron chi connectivity index (χ3n) is 13.4. The fourth-order valence-electron chi connectivity index (χ4n) is 10.1. The quantitative estimate of drug-likeness (QED) is 0.167. The molecular weight excluding hydrogens is 811 g/mol. The lowest BCUT2D eigenvalue weighted by Crippen LogP contribution is -2.14. The van der Waals surface area contributed by atoms with Crippen LogP contribution in [0.3, 0.4) is 0 Å². The second-order valence-corrected chi connectivity index (χ2v) is 18.6. The van der Waals surface area contributed by atoms with Crippen LogP contribution in [-0.2, 0) is 5.41 Å². The van der Waals surface area contributed by atoms with Crippen molar-refractivity contribution < 1.29 is 4.42 Å². The molecule has 3 aromatic heterocycles. The van der Waals surface area contributed by atoms with Crippen LogP contribution in [0, 0.1) is 0 Å². The standard InChI is InChI=1S/C60H39N3OS/c1-60(2)50-22-8-6-17-43(50)48-34-41(29-31-51(48)60)39-15-10-16-40(33-39)42-30-32-52-49(35-42)55-46(20-12-23-53(55)64-52)58-61-57(38-27-25-37(26-28-38)36-13-4-3-5-14-36)62-59(63-58)47-21-11-19-45-44-18-7-9-24-54(44)65-56(45)47/h3-35H,1-2H3. The van der Waals surface area contributed by atoms with Gasteiger partial charge in [-0.25, -0.2) is 15.0 Å². The van der Waals surface area contributed by atoms with Crippen LogP contribution in [0.25, 0.3) is 121 Å². The highest BCUT2D eigenvalue weighted by Gasteiger charge is 2.35. The van der Waals surface area contributed by atoms with E-state index in [0.29, 0.717) is 17.5 Å². The number of nitrogens with zero attached hydrogens (tertiary/aromatic N) is 3. The predicted octanol–water partition coefficient (Wildman–Crippen LogP) is 16.4. The van der Waals surface area contributed by atoms with Crippen LogP contribution in [0.1, 0.15) is 25.0 Å². The Morgan fingerprint density at radius 1 is 0.369 bits per heavy atom. The van der Waals surface area contributed by atoms with Crippen LogP contribution in [0.2, 0.25) is 0 Å². The molecule has 1 aliphatic carbocycles. The maximum atomic E-state index is 6.59. The molecule has 0 N–H and O–H groups in total. The smallest absolute Gasteiger partial charge is 0.165 e. The van der Waals surface area contributed by atoms with E-state index in [1.165, 1.54) is 48.9 Å². The van der Waals surface area contributed by atoms with E-state index in [-0.39, 0.29) is 5.41 Å². The van der Waals surface area contributed by atoms with Crippen LogP contribution in [0.15, 0.2) is 205 Å². The Bertz CT molecular complexity index is 3860. The lowest BCUT2D eigenvalue weighted by Gasteiger charge is -2.21. The summed E-state index contributed by atoms with van der Waals surface area (Å²) in [5.74, 6) is 1.84. The summed E-state index contributed by atoms with van der Waals surface area (Å²) in [6.07, 6.45) is 0. The number of furan rings is 1. The van der Waals surface area contributed by atoms with Crippen molar-refractivity contribution in [2.45, 2.75) is 19.3 Å². The molecule has 13 rings (SSSR count). The average molecular weight is 850 g/mol. The molecule has 0 bridgehead atoms. The van der Waals surface area contributed by atoms with E-state index in [2.05, 4.69) is 196 Å². The molecule has 0 radical (unpaired) electrons. The van der Waals surface area contributed by atoms with Gasteiger partial charge in [0.15, 0.2) is 17.5 Å². The minimum atomic E-state index is -0.0280. The van der Waals surface area contributed by atoms with E-state index in [0.717, 1.165) is 65.6 Å². The molecule has 0 aliphatic heterocycles. The number of hydrogen-bond acceptors (Lipinski definition) is 5. The molecule has 5 heteroatoms. The maximum absolute atomic E-state index is 6.59. The second kappa shape index (κ2) is 14.5. The van der Waals surface area contributed by atoms with Crippen molar-refractivity contribution in [3.05, 3.63) is 211 Å². The fraction of sp³-hybridized carbons (Fsp3) is 0.0500. The molecule has 0 spiro atoms. The van der Waals surface area contributed by atoms with E-state index in [1.54, 1.807) is 11.3 Å². The van der Waals surface area contributed by atoms with Crippen LogP contribution in [0.4, 0.5) is 0 Å². The lowest BCUT2D eigenvalue weighted by molar-refractivity contribution is 0.660. The van der Waals surface area contributed by atoms with Crippen molar-refractivity contribution in [2.24, 2.45) is 0 Å². The molecule has 12 aromatic rings. The first kappa shape index (κ1) is 37.6. The fourth-order valence-corrected chi connectivity index (χ4v) is 11.3. The molecule has 0 unspecified atom stereocenters. The van der Waals surface area contributed by atoms with Gasteiger partial charge >= 0.3 is 0 Å². The molecule has 9 aromatic carbocycles. The van der Waals surface area contributed by atoms with Gasteiger partial charge < -0.3 is 4.42 Å². The van der Waals surface area contributed by atoms with Crippen LogP contribution >= 0.6 is 11.3 Å². The molecule has 0 amide bonds. The minimum absolute atomic E-state index is 0.0280. The van der Waals surface area contributed by atoms with Crippen molar-refractivity contribution in [3.8, 4) is 78.7 Å². The van der Waals surface area contributed by atoms with Crippen LogP contribution in [-0.4, -0.2) is 15.0 Å². The van der Waals surface area contributed by atoms with Crippen molar-refractivity contribution in [1.29, 1.82) is 0 Å². The molecule has 1 aliphatic rings. The first-order valence-corrected chi connectivity index (χ1v) is 22.9. The van der Waals surface area contributed by atoms with E-state index >= 15 is 0 Å². The minimum Gasteiger partial charge on any atom is -0.456 e. The molecule has 306 valence electrons. The van der Waals surface area contributed by atoms with E-state index < -0.39 is 0 Å². The summed E-state index contributed by atoms with van der Waals surface area (Å²) in [5.41, 5.74) is 16.7. The van der Waals surface area contributed by atoms with Crippen LogP contribution < -0.4 is 0 Å². The first-order valence-electron chi connectivity index (χ1n) is 22.1. The van der Waals surface area contributed by atoms with Gasteiger partial charge in [0, 0.05) is 53.1 Å². The predicted molar refractivity (Wildman–Crippen MR) is 270 cm³/mol. The highest BCUT2D eigenvalue weighted by molar-refractivity contribution is 7.26. The van der Waals surface area contributed by atoms with Crippen LogP contribution in [0.5, 0.6) is 0 Å². The van der Waals surface area contributed by atoms with Gasteiger partial charge in [-0.3, -0.25) is 0 Å². The average Bonchev–Trinajstić information content (AvgIpc) is 4.01. The molecule has 65 heavy (non-hydrogen) atoms. The zero-order valence-corrected chi connectivity index (χ0v) is 36.5. The largest absolute Gasteiger partial charge is 0.456 e.